The molecule has 1 N–H and O–H groups in total. The predicted molar refractivity (Wildman–Crippen MR) is 199 cm³/mol. The predicted octanol–water partition coefficient (Wildman–Crippen LogP) is 5.95. The molecule has 11 nitrogen and oxygen atoms in total. The minimum atomic E-state index is -1.27. The summed E-state index contributed by atoms with van der Waals surface area (Å²) in [5, 5.41) is 11.4. The van der Waals surface area contributed by atoms with Crippen molar-refractivity contribution in [3.8, 4) is 0 Å². The molecule has 3 aliphatic rings. The van der Waals surface area contributed by atoms with Crippen LogP contribution < -0.4 is 0 Å². The third-order valence-corrected chi connectivity index (χ3v) is 11.7. The first kappa shape index (κ1) is 41.9. The third kappa shape index (κ3) is 9.09. The molecule has 11 heteroatoms. The number of carbonyl (C=O) groups is 3. The molecule has 292 valence electrons. The van der Waals surface area contributed by atoms with Crippen molar-refractivity contribution in [1.82, 2.24) is 9.80 Å². The highest BCUT2D eigenvalue weighted by molar-refractivity contribution is 5.88. The van der Waals surface area contributed by atoms with Gasteiger partial charge in [-0.3, -0.25) is 4.79 Å². The number of benzene rings is 1. The van der Waals surface area contributed by atoms with E-state index in [1.54, 1.807) is 31.9 Å². The summed E-state index contributed by atoms with van der Waals surface area (Å²) >= 11 is 0. The third-order valence-electron chi connectivity index (χ3n) is 11.7. The van der Waals surface area contributed by atoms with Crippen molar-refractivity contribution in [1.29, 1.82) is 0 Å². The van der Waals surface area contributed by atoms with E-state index in [0.717, 1.165) is 12.8 Å². The summed E-state index contributed by atoms with van der Waals surface area (Å²) in [7, 11) is 5.43. The number of unbranched alkanes of at least 4 members (excludes halogenated alkanes) is 1. The Labute approximate surface area is 311 Å². The van der Waals surface area contributed by atoms with Crippen LogP contribution in [0.3, 0.4) is 0 Å². The van der Waals surface area contributed by atoms with E-state index in [9.17, 15) is 19.5 Å². The molecular weight excluding hydrogens is 664 g/mol. The zero-order valence-electron chi connectivity index (χ0n) is 33.3. The van der Waals surface area contributed by atoms with Gasteiger partial charge in [-0.05, 0) is 85.9 Å². The number of methoxy groups -OCH3 is 1. The fraction of sp³-hybridized carbons (Fsp3) is 0.732. The van der Waals surface area contributed by atoms with Crippen LogP contribution in [0.25, 0.3) is 0 Å². The van der Waals surface area contributed by atoms with Crippen molar-refractivity contribution < 1.29 is 43.2 Å². The second-order valence-electron chi connectivity index (χ2n) is 16.1. The van der Waals surface area contributed by atoms with Crippen LogP contribution in [0.4, 0.5) is 4.79 Å². The first-order valence-electron chi connectivity index (χ1n) is 19.1. The second-order valence-corrected chi connectivity index (χ2v) is 16.1. The number of ether oxygens (including phenoxy) is 5. The molecule has 0 aromatic heterocycles. The normalized spacial score (nSPS) is 39.0. The van der Waals surface area contributed by atoms with E-state index >= 15 is 0 Å². The fourth-order valence-corrected chi connectivity index (χ4v) is 8.87. The number of likely N-dealkylation sites (N-methyl/N-ethyl adjacent to an activating group) is 1. The molecular formula is C41H64N2O9. The molecule has 0 aliphatic carbocycles. The largest absolute Gasteiger partial charge is 0.455 e. The minimum absolute atomic E-state index is 0.0568. The number of amides is 1. The smallest absolute Gasteiger partial charge is 0.410 e. The van der Waals surface area contributed by atoms with Gasteiger partial charge >= 0.3 is 12.1 Å². The number of hydrogen-bond acceptors (Lipinski definition) is 10. The summed E-state index contributed by atoms with van der Waals surface area (Å²) < 4.78 is 31.5. The minimum Gasteiger partial charge on any atom is -0.455 e. The topological polar surface area (TPSA) is 124 Å². The Balaban J connectivity index is 1.70. The maximum absolute atomic E-state index is 14.6. The van der Waals surface area contributed by atoms with Gasteiger partial charge in [0.05, 0.1) is 23.9 Å². The monoisotopic (exact) mass is 728 g/mol. The molecule has 3 aliphatic heterocycles. The van der Waals surface area contributed by atoms with Gasteiger partial charge in [0.2, 0.25) is 0 Å². The van der Waals surface area contributed by atoms with Gasteiger partial charge in [-0.15, -0.1) is 0 Å². The van der Waals surface area contributed by atoms with E-state index in [1.807, 2.05) is 78.7 Å². The first-order valence-corrected chi connectivity index (χ1v) is 19.1. The zero-order chi connectivity index (χ0) is 38.5. The summed E-state index contributed by atoms with van der Waals surface area (Å²) in [5.74, 6) is -2.20. The van der Waals surface area contributed by atoms with Gasteiger partial charge in [0.25, 0.3) is 0 Å². The van der Waals surface area contributed by atoms with Gasteiger partial charge in [-0.25, -0.2) is 9.59 Å². The van der Waals surface area contributed by atoms with Crippen LogP contribution >= 0.6 is 0 Å². The molecule has 0 bridgehead atoms. The number of fused-ring (bicyclic) bond motifs is 1. The van der Waals surface area contributed by atoms with Crippen LogP contribution in [-0.2, 0) is 39.7 Å². The second kappa shape index (κ2) is 17.5. The Kier molecular flexibility index (Phi) is 14.1. The molecule has 1 amide bonds. The first-order chi connectivity index (χ1) is 24.5. The van der Waals surface area contributed by atoms with Crippen LogP contribution in [-0.4, -0.2) is 114 Å². The maximum Gasteiger partial charge on any atom is 0.410 e. The van der Waals surface area contributed by atoms with Crippen LogP contribution in [0, 0.1) is 17.8 Å². The number of aryl methyl sites for hydroxylation is 1. The Morgan fingerprint density at radius 2 is 1.71 bits per heavy atom. The van der Waals surface area contributed by atoms with E-state index < -0.39 is 71.7 Å². The number of cyclic esters (lactones) is 1. The Hall–Kier alpha value is -2.83. The summed E-state index contributed by atoms with van der Waals surface area (Å²) in [4.78, 5) is 45.8. The average Bonchev–Trinajstić information content (AvgIpc) is 3.36. The Bertz CT molecular complexity index is 1400. The number of nitrogens with zero attached hydrogens (tertiary/aromatic N) is 2. The average molecular weight is 729 g/mol. The van der Waals surface area contributed by atoms with Crippen molar-refractivity contribution in [2.24, 2.45) is 17.8 Å². The molecule has 2 saturated heterocycles. The van der Waals surface area contributed by atoms with Crippen molar-refractivity contribution >= 4 is 17.8 Å². The van der Waals surface area contributed by atoms with Gasteiger partial charge in [0.1, 0.15) is 18.0 Å². The number of aliphatic hydroxyl groups excluding tert-OH is 1. The molecule has 0 unspecified atom stereocenters. The molecule has 1 aromatic rings. The summed E-state index contributed by atoms with van der Waals surface area (Å²) in [6, 6.07) is 9.34. The maximum atomic E-state index is 14.6. The van der Waals surface area contributed by atoms with E-state index in [0.29, 0.717) is 31.4 Å². The van der Waals surface area contributed by atoms with Crippen LogP contribution in [0.1, 0.15) is 93.1 Å². The lowest BCUT2D eigenvalue weighted by Gasteiger charge is -2.47. The number of carbonyl (C=O) groups excluding carboxylic acids is 3. The van der Waals surface area contributed by atoms with Gasteiger partial charge in [-0.2, -0.15) is 0 Å². The molecule has 0 spiro atoms. The highest BCUT2D eigenvalue weighted by atomic mass is 16.7. The van der Waals surface area contributed by atoms with E-state index in [2.05, 4.69) is 12.1 Å². The highest BCUT2D eigenvalue weighted by Crippen LogP contribution is 2.43. The van der Waals surface area contributed by atoms with E-state index in [4.69, 9.17) is 23.7 Å². The molecule has 0 saturated carbocycles. The molecule has 12 atom stereocenters. The van der Waals surface area contributed by atoms with Crippen molar-refractivity contribution in [3.05, 3.63) is 47.5 Å². The van der Waals surface area contributed by atoms with Crippen LogP contribution in [0.15, 0.2) is 42.0 Å². The van der Waals surface area contributed by atoms with Crippen molar-refractivity contribution in [2.75, 3.05) is 27.7 Å². The van der Waals surface area contributed by atoms with Gasteiger partial charge in [0, 0.05) is 43.0 Å². The van der Waals surface area contributed by atoms with Gasteiger partial charge < -0.3 is 38.6 Å². The van der Waals surface area contributed by atoms with E-state index in [1.165, 1.54) is 5.56 Å². The molecule has 0 radical (unpaired) electrons. The lowest BCUT2D eigenvalue weighted by atomic mass is 9.74. The Morgan fingerprint density at radius 1 is 1.04 bits per heavy atom. The Morgan fingerprint density at radius 3 is 2.33 bits per heavy atom. The van der Waals surface area contributed by atoms with Crippen LogP contribution in [0.2, 0.25) is 0 Å². The van der Waals surface area contributed by atoms with Gasteiger partial charge in [-0.1, -0.05) is 64.1 Å². The number of aliphatic hydroxyl groups is 1. The number of Topliss-reactive ketones (excluding diaryl/α,β-unsaturated/α-hetero) is 1. The number of rotatable bonds is 10. The summed E-state index contributed by atoms with van der Waals surface area (Å²) in [5.41, 5.74) is -0.734. The molecule has 1 aromatic carbocycles. The lowest BCUT2D eigenvalue weighted by molar-refractivity contribution is -0.294. The lowest BCUT2D eigenvalue weighted by Crippen LogP contribution is -2.59. The number of hydrogen-bond donors (Lipinski definition) is 1. The molecule has 3 heterocycles. The van der Waals surface area contributed by atoms with Gasteiger partial charge in [0.15, 0.2) is 11.9 Å². The zero-order valence-corrected chi connectivity index (χ0v) is 33.3. The number of ketones is 1. The fourth-order valence-electron chi connectivity index (χ4n) is 8.87. The quantitative estimate of drug-likeness (QED) is 0.228. The highest BCUT2D eigenvalue weighted by Gasteiger charge is 2.59. The standard InChI is InChI=1S/C41H64N2O9/c1-12-32-41(8)35(43(39(47)52-41)21-17-16-20-30-18-14-13-15-19-30)29(6)33(44)27(4)24-40(7,48-11)36(25(2)22-26(3)37(46)50-32)51-38-34(45)31(42(9)10)23-28(5)49-38/h13-15,18-19,22,25,27-29,31-32,34-36,38,45H,12,16-17,20-21,23-24H2,1-11H3/b26-22+/t25-,27+,28+,29-,31-,32+,34+,35+,36+,38-,40-,41+/m0/s1. The van der Waals surface area contributed by atoms with Crippen molar-refractivity contribution in [3.63, 3.8) is 0 Å². The number of esters is 1. The molecule has 2 fully saturated rings. The van der Waals surface area contributed by atoms with Crippen LogP contribution in [0.5, 0.6) is 0 Å². The molecule has 4 rings (SSSR count). The summed E-state index contributed by atoms with van der Waals surface area (Å²) in [6.45, 7) is 15.3. The summed E-state index contributed by atoms with van der Waals surface area (Å²) in [6.07, 6.45) is 1.40. The van der Waals surface area contributed by atoms with E-state index in [-0.39, 0.29) is 24.3 Å². The van der Waals surface area contributed by atoms with Crippen molar-refractivity contribution in [2.45, 2.75) is 148 Å². The SMILES string of the molecule is CC[C@H]1OC(=O)/C(C)=C/[C@H](C)[C@@H](O[C@@H]2O[C@H](C)C[C@H](N(C)C)[C@H]2O)[C@@](C)(OC)C[C@@H](C)C(=O)[C@H](C)[C@H]2N(CCCCc3ccccc3)C(=O)O[C@]12C. The molecule has 52 heavy (non-hydrogen) atoms.